The Hall–Kier alpha value is -4.91. The van der Waals surface area contributed by atoms with Gasteiger partial charge in [-0.25, -0.2) is 4.79 Å². The monoisotopic (exact) mass is 595 g/mol. The molecule has 3 rings (SSSR count). The number of amides is 3. The van der Waals surface area contributed by atoms with Crippen LogP contribution < -0.4 is 21.7 Å². The van der Waals surface area contributed by atoms with Crippen molar-refractivity contribution in [1.29, 1.82) is 0 Å². The fraction of sp³-hybridized carbons (Fsp3) is 0.367. The van der Waals surface area contributed by atoms with E-state index < -0.39 is 59.7 Å². The van der Waals surface area contributed by atoms with Gasteiger partial charge in [-0.2, -0.15) is 0 Å². The average Bonchev–Trinajstić information content (AvgIpc) is 3.37. The molecular weight excluding hydrogens is 558 g/mol. The van der Waals surface area contributed by atoms with Crippen molar-refractivity contribution in [3.05, 3.63) is 65.9 Å². The van der Waals surface area contributed by atoms with E-state index in [-0.39, 0.29) is 31.4 Å². The van der Waals surface area contributed by atoms with Crippen molar-refractivity contribution < 1.29 is 39.3 Å². The molecule has 0 radical (unpaired) electrons. The number of H-pyrrole nitrogens is 1. The summed E-state index contributed by atoms with van der Waals surface area (Å²) in [5.41, 5.74) is 7.93. The fourth-order valence-electron chi connectivity index (χ4n) is 4.54. The van der Waals surface area contributed by atoms with E-state index in [2.05, 4.69) is 20.9 Å². The topological polar surface area (TPSA) is 224 Å². The first-order chi connectivity index (χ1) is 20.3. The van der Waals surface area contributed by atoms with Gasteiger partial charge in [0, 0.05) is 36.4 Å². The minimum atomic E-state index is -1.29. The Labute approximate surface area is 247 Å². The molecule has 2 aromatic carbocycles. The lowest BCUT2D eigenvalue weighted by molar-refractivity contribution is -0.142. The summed E-state index contributed by atoms with van der Waals surface area (Å²) in [6.07, 6.45) is 1.15. The molecule has 13 nitrogen and oxygen atoms in total. The molecule has 0 bridgehead atoms. The molecule has 4 unspecified atom stereocenters. The summed E-state index contributed by atoms with van der Waals surface area (Å²) in [6.45, 7) is 3.35. The molecule has 43 heavy (non-hydrogen) atoms. The summed E-state index contributed by atoms with van der Waals surface area (Å²) in [7, 11) is 0. The van der Waals surface area contributed by atoms with Crippen LogP contribution >= 0.6 is 0 Å². The predicted octanol–water partition coefficient (Wildman–Crippen LogP) is 1.05. The van der Waals surface area contributed by atoms with E-state index in [1.165, 1.54) is 12.1 Å². The highest BCUT2D eigenvalue weighted by molar-refractivity contribution is 5.94. The maximum absolute atomic E-state index is 13.5. The second kappa shape index (κ2) is 14.8. The van der Waals surface area contributed by atoms with Crippen LogP contribution in [0.5, 0.6) is 5.75 Å². The normalized spacial score (nSPS) is 14.0. The maximum atomic E-state index is 13.5. The van der Waals surface area contributed by atoms with E-state index in [1.807, 2.05) is 24.3 Å². The standard InChI is InChI=1S/C30H37N5O8/c1-16(2)26(29(41)34-24(30(42)43)14-18-15-32-22-6-4-3-5-20(18)22)35-28(40)23(13-17-7-9-19(36)10-8-17)33-27(39)21(31)11-12-25(37)38/h3-10,15-16,21,23-24,26,32,36H,11-14,31H2,1-2H3,(H,33,39)(H,34,41)(H,35,40)(H,37,38)(H,42,43). The third kappa shape index (κ3) is 9.30. The summed E-state index contributed by atoms with van der Waals surface area (Å²) in [5, 5.41) is 36.9. The van der Waals surface area contributed by atoms with Crippen LogP contribution in [-0.4, -0.2) is 74.1 Å². The Morgan fingerprint density at radius 1 is 0.837 bits per heavy atom. The molecule has 1 aromatic heterocycles. The summed E-state index contributed by atoms with van der Waals surface area (Å²) < 4.78 is 0. The van der Waals surface area contributed by atoms with Crippen molar-refractivity contribution in [2.24, 2.45) is 11.7 Å². The molecule has 0 spiro atoms. The van der Waals surface area contributed by atoms with Gasteiger partial charge < -0.3 is 42.0 Å². The number of aromatic nitrogens is 1. The molecular formula is C30H37N5O8. The minimum absolute atomic E-state index is 0.00152. The van der Waals surface area contributed by atoms with Gasteiger partial charge in [0.25, 0.3) is 0 Å². The fourth-order valence-corrected chi connectivity index (χ4v) is 4.54. The van der Waals surface area contributed by atoms with Crippen LogP contribution in [0.15, 0.2) is 54.7 Å². The number of aromatic hydroxyl groups is 1. The molecule has 0 aliphatic rings. The number of hydrogen-bond acceptors (Lipinski definition) is 7. The number of carboxylic acids is 2. The zero-order valence-corrected chi connectivity index (χ0v) is 23.9. The number of carbonyl (C=O) groups excluding carboxylic acids is 3. The number of nitrogens with one attached hydrogen (secondary N) is 4. The molecule has 3 aromatic rings. The summed E-state index contributed by atoms with van der Waals surface area (Å²) in [6, 6.07) is 8.44. The molecule has 1 heterocycles. The van der Waals surface area contributed by atoms with E-state index in [0.29, 0.717) is 11.1 Å². The second-order valence-corrected chi connectivity index (χ2v) is 10.7. The Balaban J connectivity index is 1.76. The van der Waals surface area contributed by atoms with Gasteiger partial charge in [0.2, 0.25) is 17.7 Å². The van der Waals surface area contributed by atoms with Crippen LogP contribution in [0.2, 0.25) is 0 Å². The highest BCUT2D eigenvalue weighted by atomic mass is 16.4. The van der Waals surface area contributed by atoms with Gasteiger partial charge in [-0.3, -0.25) is 19.2 Å². The van der Waals surface area contributed by atoms with E-state index in [0.717, 1.165) is 10.9 Å². The number of carboxylic acid groups (broad SMARTS) is 2. The summed E-state index contributed by atoms with van der Waals surface area (Å²) >= 11 is 0. The number of para-hydroxylation sites is 1. The zero-order valence-electron chi connectivity index (χ0n) is 23.9. The van der Waals surface area contributed by atoms with Crippen molar-refractivity contribution in [3.63, 3.8) is 0 Å². The summed E-state index contributed by atoms with van der Waals surface area (Å²) in [4.78, 5) is 65.6. The first kappa shape index (κ1) is 32.6. The van der Waals surface area contributed by atoms with Crippen LogP contribution in [0.4, 0.5) is 0 Å². The lowest BCUT2D eigenvalue weighted by Crippen LogP contribution is -2.59. The molecule has 0 fully saturated rings. The van der Waals surface area contributed by atoms with Crippen LogP contribution in [0.25, 0.3) is 10.9 Å². The van der Waals surface area contributed by atoms with Crippen LogP contribution in [0, 0.1) is 5.92 Å². The predicted molar refractivity (Wildman–Crippen MR) is 157 cm³/mol. The first-order valence-corrected chi connectivity index (χ1v) is 13.8. The largest absolute Gasteiger partial charge is 0.508 e. The number of phenolic OH excluding ortho intramolecular Hbond substituents is 1. The maximum Gasteiger partial charge on any atom is 0.326 e. The quantitative estimate of drug-likeness (QED) is 0.125. The van der Waals surface area contributed by atoms with Gasteiger partial charge >= 0.3 is 11.9 Å². The van der Waals surface area contributed by atoms with Gasteiger partial charge in [0.05, 0.1) is 6.04 Å². The zero-order chi connectivity index (χ0) is 31.7. The van der Waals surface area contributed by atoms with Crippen molar-refractivity contribution >= 4 is 40.6 Å². The SMILES string of the molecule is CC(C)C(NC(=O)C(Cc1ccc(O)cc1)NC(=O)C(N)CCC(=O)O)C(=O)NC(Cc1c[nH]c2ccccc12)C(=O)O. The second-order valence-electron chi connectivity index (χ2n) is 10.7. The highest BCUT2D eigenvalue weighted by Gasteiger charge is 2.32. The molecule has 0 saturated carbocycles. The van der Waals surface area contributed by atoms with Crippen LogP contribution in [0.3, 0.4) is 0 Å². The minimum Gasteiger partial charge on any atom is -0.508 e. The Bertz CT molecular complexity index is 1450. The molecule has 0 aliphatic carbocycles. The van der Waals surface area contributed by atoms with E-state index >= 15 is 0 Å². The number of aromatic amines is 1. The van der Waals surface area contributed by atoms with Gasteiger partial charge in [0.15, 0.2) is 0 Å². The van der Waals surface area contributed by atoms with Crippen LogP contribution in [0.1, 0.15) is 37.8 Å². The highest BCUT2D eigenvalue weighted by Crippen LogP contribution is 2.19. The first-order valence-electron chi connectivity index (χ1n) is 13.8. The van der Waals surface area contributed by atoms with Crippen molar-refractivity contribution in [2.45, 2.75) is 63.7 Å². The lowest BCUT2D eigenvalue weighted by Gasteiger charge is -2.27. The number of benzene rings is 2. The lowest BCUT2D eigenvalue weighted by atomic mass is 9.99. The molecule has 230 valence electrons. The number of fused-ring (bicyclic) bond motifs is 1. The van der Waals surface area contributed by atoms with Gasteiger partial charge in [-0.05, 0) is 41.7 Å². The van der Waals surface area contributed by atoms with E-state index in [9.17, 15) is 34.2 Å². The van der Waals surface area contributed by atoms with Gasteiger partial charge in [-0.15, -0.1) is 0 Å². The number of carbonyl (C=O) groups is 5. The van der Waals surface area contributed by atoms with E-state index in [1.54, 1.807) is 32.2 Å². The number of rotatable bonds is 15. The third-order valence-corrected chi connectivity index (χ3v) is 6.98. The Morgan fingerprint density at radius 3 is 2.12 bits per heavy atom. The third-order valence-electron chi connectivity index (χ3n) is 6.98. The number of nitrogens with two attached hydrogens (primary N) is 1. The van der Waals surface area contributed by atoms with Gasteiger partial charge in [0.1, 0.15) is 23.9 Å². The Morgan fingerprint density at radius 2 is 1.49 bits per heavy atom. The van der Waals surface area contributed by atoms with Crippen molar-refractivity contribution in [1.82, 2.24) is 20.9 Å². The summed E-state index contributed by atoms with van der Waals surface area (Å²) in [5.74, 6) is -5.05. The molecule has 0 saturated heterocycles. The molecule has 9 N–H and O–H groups in total. The van der Waals surface area contributed by atoms with Gasteiger partial charge in [-0.1, -0.05) is 44.2 Å². The molecule has 4 atom stereocenters. The van der Waals surface area contributed by atoms with Crippen LogP contribution in [-0.2, 0) is 36.8 Å². The molecule has 3 amide bonds. The smallest absolute Gasteiger partial charge is 0.326 e. The van der Waals surface area contributed by atoms with E-state index in [4.69, 9.17) is 10.8 Å². The molecule has 13 heteroatoms. The Kier molecular flexibility index (Phi) is 11.2. The molecule has 0 aliphatic heterocycles. The number of phenols is 1. The number of aliphatic carboxylic acids is 2. The average molecular weight is 596 g/mol. The van der Waals surface area contributed by atoms with Crippen molar-refractivity contribution in [3.8, 4) is 5.75 Å². The van der Waals surface area contributed by atoms with Crippen molar-refractivity contribution in [2.75, 3.05) is 0 Å². The number of hydrogen-bond donors (Lipinski definition) is 8.